The molecule has 0 N–H and O–H groups in total. The zero-order chi connectivity index (χ0) is 21.4. The highest BCUT2D eigenvalue weighted by Gasteiger charge is 2.32. The highest BCUT2D eigenvalue weighted by atomic mass is 35.5. The van der Waals surface area contributed by atoms with Gasteiger partial charge in [-0.3, -0.25) is 4.57 Å². The summed E-state index contributed by atoms with van der Waals surface area (Å²) in [5.74, 6) is 0. The molecule has 3 aromatic rings. The van der Waals surface area contributed by atoms with Crippen molar-refractivity contribution in [1.82, 2.24) is 9.78 Å². The van der Waals surface area contributed by atoms with Gasteiger partial charge in [-0.15, -0.1) is 0 Å². The molecule has 0 amide bonds. The number of fused-ring (bicyclic) bond motifs is 1. The molecule has 0 saturated carbocycles. The van der Waals surface area contributed by atoms with Crippen LogP contribution in [0.4, 0.5) is 13.2 Å². The Morgan fingerprint density at radius 3 is 2.34 bits per heavy atom. The molecule has 1 heterocycles. The van der Waals surface area contributed by atoms with Crippen molar-refractivity contribution < 1.29 is 26.8 Å². The van der Waals surface area contributed by atoms with E-state index < -0.39 is 19.3 Å². The van der Waals surface area contributed by atoms with E-state index in [0.717, 1.165) is 12.1 Å². The molecule has 0 atom stereocenters. The van der Waals surface area contributed by atoms with Gasteiger partial charge in [0.2, 0.25) is 0 Å². The normalized spacial score (nSPS) is 12.7. The summed E-state index contributed by atoms with van der Waals surface area (Å²) in [4.78, 5) is 0. The van der Waals surface area contributed by atoms with Crippen molar-refractivity contribution >= 4 is 35.4 Å². The van der Waals surface area contributed by atoms with Gasteiger partial charge in [0.15, 0.2) is 0 Å². The monoisotopic (exact) mass is 446 g/mol. The molecule has 29 heavy (non-hydrogen) atoms. The molecule has 0 aliphatic rings. The number of nitrogens with zero attached hydrogens (tertiary/aromatic N) is 2. The first-order valence-electron chi connectivity index (χ1n) is 8.86. The van der Waals surface area contributed by atoms with E-state index in [1.165, 1.54) is 17.8 Å². The molecule has 0 saturated heterocycles. The summed E-state index contributed by atoms with van der Waals surface area (Å²) in [6.45, 7) is 5.41. The molecule has 0 bridgehead atoms. The predicted octanol–water partition coefficient (Wildman–Crippen LogP) is 5.90. The number of aryl methyl sites for hydroxylation is 1. The molecule has 1 aromatic heterocycles. The van der Waals surface area contributed by atoms with Gasteiger partial charge in [-0.25, -0.2) is 4.68 Å². The van der Waals surface area contributed by atoms with Crippen LogP contribution < -0.4 is 5.30 Å². The molecule has 0 spiro atoms. The number of hydrogen-bond acceptors (Lipinski definition) is 4. The zero-order valence-electron chi connectivity index (χ0n) is 16.0. The minimum Gasteiger partial charge on any atom is -0.305 e. The highest BCUT2D eigenvalue weighted by molar-refractivity contribution is 7.62. The third kappa shape index (κ3) is 4.21. The molecule has 5 nitrogen and oxygen atoms in total. The Morgan fingerprint density at radius 1 is 1.14 bits per heavy atom. The van der Waals surface area contributed by atoms with Crippen LogP contribution in [0, 0.1) is 6.92 Å². The van der Waals surface area contributed by atoms with Gasteiger partial charge in [-0.2, -0.15) is 18.3 Å². The molecular formula is C19H19ClF3N2O3P. The maximum atomic E-state index is 13.0. The minimum absolute atomic E-state index is 0.0688. The third-order valence-electron chi connectivity index (χ3n) is 4.26. The van der Waals surface area contributed by atoms with Gasteiger partial charge in [-0.05, 0) is 56.7 Å². The Hall–Kier alpha value is -1.86. The fourth-order valence-electron chi connectivity index (χ4n) is 3.06. The van der Waals surface area contributed by atoms with Crippen LogP contribution in [0.15, 0.2) is 36.5 Å². The zero-order valence-corrected chi connectivity index (χ0v) is 17.6. The van der Waals surface area contributed by atoms with E-state index in [2.05, 4.69) is 5.10 Å². The molecule has 0 aliphatic carbocycles. The van der Waals surface area contributed by atoms with Crippen LogP contribution in [-0.4, -0.2) is 23.0 Å². The summed E-state index contributed by atoms with van der Waals surface area (Å²) in [6, 6.07) is 6.81. The van der Waals surface area contributed by atoms with E-state index in [1.807, 2.05) is 0 Å². The van der Waals surface area contributed by atoms with E-state index in [4.69, 9.17) is 20.6 Å². The second-order valence-corrected chi connectivity index (χ2v) is 8.69. The minimum atomic E-state index is -4.49. The maximum absolute atomic E-state index is 13.0. The lowest BCUT2D eigenvalue weighted by Gasteiger charge is -2.17. The van der Waals surface area contributed by atoms with Crippen molar-refractivity contribution in [3.8, 4) is 5.69 Å². The Bertz CT molecular complexity index is 1060. The van der Waals surface area contributed by atoms with Crippen molar-refractivity contribution in [2.75, 3.05) is 13.2 Å². The molecule has 0 radical (unpaired) electrons. The summed E-state index contributed by atoms with van der Waals surface area (Å²) in [6.07, 6.45) is -2.97. The molecule has 0 fully saturated rings. The van der Waals surface area contributed by atoms with Crippen LogP contribution in [0.2, 0.25) is 5.02 Å². The van der Waals surface area contributed by atoms with Gasteiger partial charge in [-0.1, -0.05) is 11.6 Å². The van der Waals surface area contributed by atoms with E-state index in [0.29, 0.717) is 27.5 Å². The summed E-state index contributed by atoms with van der Waals surface area (Å²) < 4.78 is 64.2. The lowest BCUT2D eigenvalue weighted by atomic mass is 10.1. The van der Waals surface area contributed by atoms with Gasteiger partial charge in [0.1, 0.15) is 0 Å². The largest absolute Gasteiger partial charge is 0.416 e. The first-order chi connectivity index (χ1) is 13.6. The van der Waals surface area contributed by atoms with Gasteiger partial charge in [0.25, 0.3) is 0 Å². The number of benzene rings is 2. The number of aromatic nitrogens is 2. The smallest absolute Gasteiger partial charge is 0.305 e. The fourth-order valence-corrected chi connectivity index (χ4v) is 5.02. The second-order valence-electron chi connectivity index (χ2n) is 6.25. The number of rotatable bonds is 6. The lowest BCUT2D eigenvalue weighted by Crippen LogP contribution is -2.11. The third-order valence-corrected chi connectivity index (χ3v) is 6.65. The fraction of sp³-hybridized carbons (Fsp3) is 0.316. The molecular weight excluding hydrogens is 428 g/mol. The van der Waals surface area contributed by atoms with Crippen molar-refractivity contribution in [3.05, 3.63) is 52.7 Å². The topological polar surface area (TPSA) is 53.4 Å². The summed E-state index contributed by atoms with van der Waals surface area (Å²) >= 11 is 6.17. The summed E-state index contributed by atoms with van der Waals surface area (Å²) in [7, 11) is -3.47. The van der Waals surface area contributed by atoms with Crippen LogP contribution in [0.3, 0.4) is 0 Å². The Labute approximate surface area is 170 Å². The maximum Gasteiger partial charge on any atom is 0.416 e. The van der Waals surface area contributed by atoms with Crippen molar-refractivity contribution in [1.29, 1.82) is 0 Å². The number of hydrogen-bond donors (Lipinski definition) is 0. The first kappa shape index (κ1) is 21.8. The van der Waals surface area contributed by atoms with Crippen LogP contribution in [0.1, 0.15) is 25.0 Å². The van der Waals surface area contributed by atoms with Crippen molar-refractivity contribution in [2.24, 2.45) is 0 Å². The van der Waals surface area contributed by atoms with Crippen LogP contribution in [0.25, 0.3) is 16.6 Å². The SMILES string of the molecule is CCOP(=O)(OCC)c1ccc2c(cnn2-c2c(C)cc(C(F)(F)F)cc2Cl)c1. The summed E-state index contributed by atoms with van der Waals surface area (Å²) in [5, 5.41) is 5.21. The van der Waals surface area contributed by atoms with Gasteiger partial charge >= 0.3 is 13.8 Å². The Morgan fingerprint density at radius 2 is 1.79 bits per heavy atom. The van der Waals surface area contributed by atoms with Gasteiger partial charge < -0.3 is 9.05 Å². The number of halogens is 4. The van der Waals surface area contributed by atoms with Gasteiger partial charge in [0.05, 0.1) is 46.5 Å². The van der Waals surface area contributed by atoms with Crippen LogP contribution in [0.5, 0.6) is 0 Å². The summed E-state index contributed by atoms with van der Waals surface area (Å²) in [5.41, 5.74) is 0.448. The van der Waals surface area contributed by atoms with E-state index in [-0.39, 0.29) is 18.2 Å². The standard InChI is InChI=1S/C19H19ClF3N2O3P/c1-4-27-29(26,28-5-2)15-6-7-17-13(9-15)11-24-25(17)18-12(3)8-14(10-16(18)20)19(21,22)23/h6-11H,4-5H2,1-3H3. The second kappa shape index (κ2) is 8.11. The predicted molar refractivity (Wildman–Crippen MR) is 106 cm³/mol. The molecule has 0 unspecified atom stereocenters. The molecule has 156 valence electrons. The first-order valence-corrected chi connectivity index (χ1v) is 10.8. The average molecular weight is 447 g/mol. The molecule has 3 rings (SSSR count). The van der Waals surface area contributed by atoms with Crippen LogP contribution >= 0.6 is 19.2 Å². The van der Waals surface area contributed by atoms with E-state index in [1.54, 1.807) is 32.0 Å². The Balaban J connectivity index is 2.11. The lowest BCUT2D eigenvalue weighted by molar-refractivity contribution is -0.137. The molecule has 2 aromatic carbocycles. The quantitative estimate of drug-likeness (QED) is 0.442. The van der Waals surface area contributed by atoms with Gasteiger partial charge in [0, 0.05) is 5.39 Å². The average Bonchev–Trinajstić information content (AvgIpc) is 3.04. The highest BCUT2D eigenvalue weighted by Crippen LogP contribution is 2.47. The van der Waals surface area contributed by atoms with Crippen molar-refractivity contribution in [3.63, 3.8) is 0 Å². The number of alkyl halides is 3. The molecule has 0 aliphatic heterocycles. The van der Waals surface area contributed by atoms with Crippen molar-refractivity contribution in [2.45, 2.75) is 26.9 Å². The Kier molecular flexibility index (Phi) is 6.11. The van der Waals surface area contributed by atoms with E-state index in [9.17, 15) is 17.7 Å². The molecule has 10 heteroatoms. The van der Waals surface area contributed by atoms with E-state index >= 15 is 0 Å². The van der Waals surface area contributed by atoms with Crippen LogP contribution in [-0.2, 0) is 19.8 Å².